The molecule has 1 heterocycles. The van der Waals surface area contributed by atoms with E-state index in [2.05, 4.69) is 25.7 Å². The smallest absolute Gasteiger partial charge is 0.239 e. The molecule has 1 unspecified atom stereocenters. The van der Waals surface area contributed by atoms with Crippen molar-refractivity contribution in [3.8, 4) is 0 Å². The lowest BCUT2D eigenvalue weighted by Crippen LogP contribution is -2.47. The molecule has 1 aliphatic heterocycles. The Balaban J connectivity index is 2.65. The Bertz CT molecular complexity index is 253. The summed E-state index contributed by atoms with van der Waals surface area (Å²) in [5.74, 6) is 0.259. The predicted octanol–water partition coefficient (Wildman–Crippen LogP) is 0.524. The maximum atomic E-state index is 11.9. The van der Waals surface area contributed by atoms with Gasteiger partial charge in [-0.05, 0) is 24.9 Å². The summed E-state index contributed by atoms with van der Waals surface area (Å²) in [6.45, 7) is 9.75. The lowest BCUT2D eigenvalue weighted by Gasteiger charge is -2.34. The van der Waals surface area contributed by atoms with E-state index in [9.17, 15) is 4.79 Å². The molecule has 0 aromatic heterocycles. The molecule has 16 heavy (non-hydrogen) atoms. The molecule has 0 saturated carbocycles. The van der Waals surface area contributed by atoms with Gasteiger partial charge >= 0.3 is 0 Å². The van der Waals surface area contributed by atoms with Crippen LogP contribution in [-0.4, -0.2) is 55.0 Å². The van der Waals surface area contributed by atoms with E-state index in [0.717, 1.165) is 26.1 Å². The summed E-state index contributed by atoms with van der Waals surface area (Å²) in [4.78, 5) is 16.0. The molecule has 1 aliphatic rings. The SMILES string of the molecule is CCN(CC(C)(C)CN)C1CCN(C)C1=O. The minimum absolute atomic E-state index is 0.0702. The van der Waals surface area contributed by atoms with E-state index >= 15 is 0 Å². The third kappa shape index (κ3) is 2.95. The van der Waals surface area contributed by atoms with Gasteiger partial charge in [0.1, 0.15) is 0 Å². The van der Waals surface area contributed by atoms with Gasteiger partial charge in [-0.25, -0.2) is 0 Å². The third-order valence-electron chi connectivity index (χ3n) is 3.43. The van der Waals surface area contributed by atoms with Gasteiger partial charge in [-0.1, -0.05) is 20.8 Å². The predicted molar refractivity (Wildman–Crippen MR) is 66.1 cm³/mol. The van der Waals surface area contributed by atoms with Crippen LogP contribution in [0.1, 0.15) is 27.2 Å². The van der Waals surface area contributed by atoms with Gasteiger partial charge in [-0.3, -0.25) is 9.69 Å². The van der Waals surface area contributed by atoms with E-state index in [4.69, 9.17) is 5.73 Å². The van der Waals surface area contributed by atoms with Gasteiger partial charge in [-0.2, -0.15) is 0 Å². The molecule has 4 nitrogen and oxygen atoms in total. The highest BCUT2D eigenvalue weighted by molar-refractivity contribution is 5.83. The molecule has 94 valence electrons. The van der Waals surface area contributed by atoms with E-state index < -0.39 is 0 Å². The second-order valence-corrected chi connectivity index (χ2v) is 5.50. The quantitative estimate of drug-likeness (QED) is 0.745. The van der Waals surface area contributed by atoms with Gasteiger partial charge < -0.3 is 10.6 Å². The van der Waals surface area contributed by atoms with E-state index in [0.29, 0.717) is 6.54 Å². The molecule has 4 heteroatoms. The Labute approximate surface area is 98.8 Å². The topological polar surface area (TPSA) is 49.6 Å². The van der Waals surface area contributed by atoms with Crippen LogP contribution in [0.15, 0.2) is 0 Å². The van der Waals surface area contributed by atoms with Crippen LogP contribution in [-0.2, 0) is 4.79 Å². The molecule has 1 rings (SSSR count). The lowest BCUT2D eigenvalue weighted by atomic mass is 9.92. The van der Waals surface area contributed by atoms with Gasteiger partial charge in [0.15, 0.2) is 0 Å². The molecule has 1 amide bonds. The normalized spacial score (nSPS) is 22.2. The van der Waals surface area contributed by atoms with Gasteiger partial charge in [-0.15, -0.1) is 0 Å². The first kappa shape index (κ1) is 13.5. The van der Waals surface area contributed by atoms with Crippen molar-refractivity contribution in [2.24, 2.45) is 11.1 Å². The number of carbonyl (C=O) groups excluding carboxylic acids is 1. The van der Waals surface area contributed by atoms with Gasteiger partial charge in [0, 0.05) is 20.1 Å². The number of nitrogens with zero attached hydrogens (tertiary/aromatic N) is 2. The highest BCUT2D eigenvalue weighted by Crippen LogP contribution is 2.21. The van der Waals surface area contributed by atoms with Crippen LogP contribution in [0.4, 0.5) is 0 Å². The van der Waals surface area contributed by atoms with E-state index in [1.807, 2.05) is 11.9 Å². The average molecular weight is 227 g/mol. The molecule has 1 fully saturated rings. The van der Waals surface area contributed by atoms with Gasteiger partial charge in [0.05, 0.1) is 6.04 Å². The number of likely N-dealkylation sites (N-methyl/N-ethyl adjacent to an activating group) is 2. The van der Waals surface area contributed by atoms with Crippen molar-refractivity contribution in [3.63, 3.8) is 0 Å². The third-order valence-corrected chi connectivity index (χ3v) is 3.43. The monoisotopic (exact) mass is 227 g/mol. The highest BCUT2D eigenvalue weighted by atomic mass is 16.2. The Kier molecular flexibility index (Phi) is 4.33. The Hall–Kier alpha value is -0.610. The number of rotatable bonds is 5. The largest absolute Gasteiger partial charge is 0.344 e. The lowest BCUT2D eigenvalue weighted by molar-refractivity contribution is -0.131. The number of carbonyl (C=O) groups is 1. The fourth-order valence-electron chi connectivity index (χ4n) is 2.20. The molecule has 0 aromatic rings. The van der Waals surface area contributed by atoms with Crippen molar-refractivity contribution in [1.29, 1.82) is 0 Å². The number of hydrogen-bond acceptors (Lipinski definition) is 3. The Morgan fingerprint density at radius 2 is 2.19 bits per heavy atom. The van der Waals surface area contributed by atoms with Crippen LogP contribution < -0.4 is 5.73 Å². The summed E-state index contributed by atoms with van der Waals surface area (Å²) < 4.78 is 0. The summed E-state index contributed by atoms with van der Waals surface area (Å²) in [5.41, 5.74) is 5.83. The summed E-state index contributed by atoms with van der Waals surface area (Å²) in [6.07, 6.45) is 0.948. The van der Waals surface area contributed by atoms with Crippen LogP contribution >= 0.6 is 0 Å². The molecule has 2 N–H and O–H groups in total. The summed E-state index contributed by atoms with van der Waals surface area (Å²) >= 11 is 0. The minimum atomic E-state index is 0.0702. The van der Waals surface area contributed by atoms with E-state index in [1.165, 1.54) is 0 Å². The summed E-state index contributed by atoms with van der Waals surface area (Å²) in [7, 11) is 1.88. The summed E-state index contributed by atoms with van der Waals surface area (Å²) in [5, 5.41) is 0. The van der Waals surface area contributed by atoms with Crippen LogP contribution in [0.2, 0.25) is 0 Å². The minimum Gasteiger partial charge on any atom is -0.344 e. The zero-order valence-electron chi connectivity index (χ0n) is 11.0. The standard InChI is InChI=1S/C12H25N3O/c1-5-15(9-12(2,3)8-13)10-6-7-14(4)11(10)16/h10H,5-9,13H2,1-4H3. The van der Waals surface area contributed by atoms with Gasteiger partial charge in [0.25, 0.3) is 0 Å². The van der Waals surface area contributed by atoms with Crippen molar-refractivity contribution in [2.45, 2.75) is 33.2 Å². The fraction of sp³-hybridized carbons (Fsp3) is 0.917. The van der Waals surface area contributed by atoms with Crippen molar-refractivity contribution >= 4 is 5.91 Å². The first-order valence-electron chi connectivity index (χ1n) is 6.10. The first-order valence-corrected chi connectivity index (χ1v) is 6.10. The number of nitrogens with two attached hydrogens (primary N) is 1. The maximum Gasteiger partial charge on any atom is 0.239 e. The molecule has 0 bridgehead atoms. The van der Waals surface area contributed by atoms with Crippen molar-refractivity contribution in [3.05, 3.63) is 0 Å². The Morgan fingerprint density at radius 1 is 1.56 bits per heavy atom. The highest BCUT2D eigenvalue weighted by Gasteiger charge is 2.35. The van der Waals surface area contributed by atoms with E-state index in [1.54, 1.807) is 0 Å². The van der Waals surface area contributed by atoms with Crippen molar-refractivity contribution in [1.82, 2.24) is 9.80 Å². The van der Waals surface area contributed by atoms with E-state index in [-0.39, 0.29) is 17.4 Å². The molecular weight excluding hydrogens is 202 g/mol. The average Bonchev–Trinajstić information content (AvgIpc) is 2.57. The fourth-order valence-corrected chi connectivity index (χ4v) is 2.20. The number of amides is 1. The number of likely N-dealkylation sites (tertiary alicyclic amines) is 1. The van der Waals surface area contributed by atoms with Crippen molar-refractivity contribution in [2.75, 3.05) is 33.2 Å². The molecule has 1 atom stereocenters. The molecule has 1 saturated heterocycles. The molecule has 0 radical (unpaired) electrons. The number of hydrogen-bond donors (Lipinski definition) is 1. The molecule has 0 spiro atoms. The van der Waals surface area contributed by atoms with Crippen LogP contribution in [0.5, 0.6) is 0 Å². The molecular formula is C12H25N3O. The zero-order chi connectivity index (χ0) is 12.3. The Morgan fingerprint density at radius 3 is 2.56 bits per heavy atom. The second kappa shape index (κ2) is 5.15. The first-order chi connectivity index (χ1) is 7.41. The van der Waals surface area contributed by atoms with Crippen LogP contribution in [0.3, 0.4) is 0 Å². The molecule has 0 aliphatic carbocycles. The van der Waals surface area contributed by atoms with Crippen LogP contribution in [0, 0.1) is 5.41 Å². The maximum absolute atomic E-state index is 11.9. The van der Waals surface area contributed by atoms with Crippen molar-refractivity contribution < 1.29 is 4.79 Å². The zero-order valence-corrected chi connectivity index (χ0v) is 11.0. The van der Waals surface area contributed by atoms with Gasteiger partial charge in [0.2, 0.25) is 5.91 Å². The molecule has 0 aromatic carbocycles. The second-order valence-electron chi connectivity index (χ2n) is 5.50. The van der Waals surface area contributed by atoms with Crippen LogP contribution in [0.25, 0.3) is 0 Å². The summed E-state index contributed by atoms with van der Waals surface area (Å²) in [6, 6.07) is 0.0702.